The molecule has 0 spiro atoms. The lowest BCUT2D eigenvalue weighted by Gasteiger charge is -2.19. The summed E-state index contributed by atoms with van der Waals surface area (Å²) in [5.41, 5.74) is 1.71. The fourth-order valence-electron chi connectivity index (χ4n) is 2.56. The van der Waals surface area contributed by atoms with Gasteiger partial charge in [0.1, 0.15) is 0 Å². The Morgan fingerprint density at radius 2 is 2.08 bits per heavy atom. The number of allylic oxidation sites excluding steroid dienone is 2. The summed E-state index contributed by atoms with van der Waals surface area (Å²) in [7, 11) is -0.951. The van der Waals surface area contributed by atoms with Crippen molar-refractivity contribution in [3.8, 4) is 0 Å². The number of rotatable bonds is 5. The first-order valence-electron chi connectivity index (χ1n) is 8.52. The number of benzene rings is 1. The highest BCUT2D eigenvalue weighted by Crippen LogP contribution is 2.19. The molecule has 2 atom stereocenters. The Morgan fingerprint density at radius 3 is 2.75 bits per heavy atom. The van der Waals surface area contributed by atoms with Crippen LogP contribution in [0, 0.1) is 5.92 Å². The second-order valence-corrected chi connectivity index (χ2v) is 9.49. The summed E-state index contributed by atoms with van der Waals surface area (Å²) >= 11 is 0. The van der Waals surface area contributed by atoms with Gasteiger partial charge in [0.15, 0.2) is 0 Å². The molecular weight excluding hydrogens is 320 g/mol. The van der Waals surface area contributed by atoms with Gasteiger partial charge in [0.2, 0.25) is 0 Å². The number of anilines is 1. The maximum Gasteiger partial charge on any atom is 0.319 e. The van der Waals surface area contributed by atoms with E-state index in [1.165, 1.54) is 0 Å². The van der Waals surface area contributed by atoms with Gasteiger partial charge in [-0.2, -0.15) is 0 Å². The first-order valence-corrected chi connectivity index (χ1v) is 9.84. The Hall–Kier alpha value is -1.62. The molecule has 1 aromatic rings. The molecule has 1 aliphatic rings. The monoisotopic (exact) mass is 348 g/mol. The van der Waals surface area contributed by atoms with Gasteiger partial charge in [-0.3, -0.25) is 4.21 Å². The molecule has 2 N–H and O–H groups in total. The molecule has 5 heteroatoms. The van der Waals surface area contributed by atoms with Crippen LogP contribution in [0.25, 0.3) is 0 Å². The van der Waals surface area contributed by atoms with Crippen molar-refractivity contribution in [2.45, 2.75) is 50.5 Å². The number of hydrogen-bond donors (Lipinski definition) is 2. The quantitative estimate of drug-likeness (QED) is 0.783. The lowest BCUT2D eigenvalue weighted by Crippen LogP contribution is -2.33. The average molecular weight is 349 g/mol. The van der Waals surface area contributed by atoms with Crippen LogP contribution in [-0.2, 0) is 16.6 Å². The molecule has 2 amide bonds. The van der Waals surface area contributed by atoms with Gasteiger partial charge < -0.3 is 10.6 Å². The molecule has 132 valence electrons. The zero-order chi connectivity index (χ0) is 17.6. The third kappa shape index (κ3) is 6.11. The Labute approximate surface area is 147 Å². The minimum Gasteiger partial charge on any atom is -0.338 e. The summed E-state index contributed by atoms with van der Waals surface area (Å²) in [6.45, 7) is 6.61. The third-order valence-electron chi connectivity index (χ3n) is 4.09. The number of urea groups is 1. The lowest BCUT2D eigenvalue weighted by molar-refractivity contribution is 0.249. The van der Waals surface area contributed by atoms with Crippen molar-refractivity contribution in [2.24, 2.45) is 5.92 Å². The smallest absolute Gasteiger partial charge is 0.319 e. The van der Waals surface area contributed by atoms with Crippen molar-refractivity contribution < 1.29 is 9.00 Å². The molecule has 0 bridgehead atoms. The van der Waals surface area contributed by atoms with Crippen molar-refractivity contribution >= 4 is 22.5 Å². The van der Waals surface area contributed by atoms with E-state index >= 15 is 0 Å². The second kappa shape index (κ2) is 8.47. The minimum absolute atomic E-state index is 0.182. The molecule has 2 rings (SSSR count). The predicted molar refractivity (Wildman–Crippen MR) is 102 cm³/mol. The molecule has 0 fully saturated rings. The molecule has 0 aliphatic heterocycles. The molecule has 1 aromatic carbocycles. The molecule has 0 heterocycles. The maximum absolute atomic E-state index is 12.3. The van der Waals surface area contributed by atoms with E-state index < -0.39 is 10.8 Å². The first-order chi connectivity index (χ1) is 11.3. The Balaban J connectivity index is 1.85. The SMILES string of the molecule is CC(C)(C)[S@](=O)Cc1cccc(NC(=O)NC[C@@H]2CC=CCC2)c1. The fourth-order valence-corrected chi connectivity index (χ4v) is 3.48. The molecule has 0 aromatic heterocycles. The standard InChI is InChI=1S/C19H28N2O2S/c1-19(2,3)24(23)14-16-10-7-11-17(12-16)21-18(22)20-13-15-8-5-4-6-9-15/h4-5,7,10-12,15H,6,8-9,13-14H2,1-3H3,(H2,20,21,22)/t15-,24-/m1/s1. The van der Waals surface area contributed by atoms with Gasteiger partial charge in [0.25, 0.3) is 0 Å². The van der Waals surface area contributed by atoms with E-state index in [2.05, 4.69) is 22.8 Å². The summed E-state index contributed by atoms with van der Waals surface area (Å²) in [5.74, 6) is 1.02. The summed E-state index contributed by atoms with van der Waals surface area (Å²) in [6, 6.07) is 7.40. The van der Waals surface area contributed by atoms with Crippen LogP contribution in [-0.4, -0.2) is 21.5 Å². The second-order valence-electron chi connectivity index (χ2n) is 7.29. The number of carbonyl (C=O) groups is 1. The van der Waals surface area contributed by atoms with Crippen molar-refractivity contribution in [2.75, 3.05) is 11.9 Å². The van der Waals surface area contributed by atoms with Crippen LogP contribution < -0.4 is 10.6 Å². The highest BCUT2D eigenvalue weighted by atomic mass is 32.2. The minimum atomic E-state index is -0.951. The van der Waals surface area contributed by atoms with Gasteiger partial charge >= 0.3 is 6.03 Å². The predicted octanol–water partition coefficient (Wildman–Crippen LogP) is 4.21. The molecule has 0 radical (unpaired) electrons. The van der Waals surface area contributed by atoms with Crippen LogP contribution in [0.2, 0.25) is 0 Å². The molecule has 24 heavy (non-hydrogen) atoms. The summed E-state index contributed by atoms with van der Waals surface area (Å²) in [4.78, 5) is 12.0. The van der Waals surface area contributed by atoms with Crippen LogP contribution in [0.4, 0.5) is 10.5 Å². The lowest BCUT2D eigenvalue weighted by atomic mass is 9.94. The van der Waals surface area contributed by atoms with Crippen LogP contribution in [0.15, 0.2) is 36.4 Å². The van der Waals surface area contributed by atoms with Gasteiger partial charge in [-0.1, -0.05) is 24.3 Å². The van der Waals surface area contributed by atoms with E-state index in [4.69, 9.17) is 0 Å². The highest BCUT2D eigenvalue weighted by Gasteiger charge is 2.19. The van der Waals surface area contributed by atoms with E-state index in [1.54, 1.807) is 0 Å². The Bertz CT molecular complexity index is 620. The van der Waals surface area contributed by atoms with Gasteiger partial charge in [-0.15, -0.1) is 0 Å². The van der Waals surface area contributed by atoms with Crippen molar-refractivity contribution in [1.29, 1.82) is 0 Å². The molecular formula is C19H28N2O2S. The first kappa shape index (κ1) is 18.7. The van der Waals surface area contributed by atoms with Gasteiger partial charge in [0, 0.05) is 33.5 Å². The molecule has 0 saturated carbocycles. The summed E-state index contributed by atoms with van der Waals surface area (Å²) < 4.78 is 12.0. The number of hydrogen-bond acceptors (Lipinski definition) is 2. The Morgan fingerprint density at radius 1 is 1.29 bits per heavy atom. The molecule has 4 nitrogen and oxygen atoms in total. The number of carbonyl (C=O) groups excluding carboxylic acids is 1. The normalized spacial score (nSPS) is 18.9. The zero-order valence-electron chi connectivity index (χ0n) is 14.8. The molecule has 1 aliphatic carbocycles. The average Bonchev–Trinajstić information content (AvgIpc) is 2.53. The van der Waals surface area contributed by atoms with Crippen molar-refractivity contribution in [3.63, 3.8) is 0 Å². The van der Waals surface area contributed by atoms with E-state index in [0.717, 1.165) is 30.5 Å². The van der Waals surface area contributed by atoms with Gasteiger partial charge in [0.05, 0.1) is 0 Å². The number of nitrogens with one attached hydrogen (secondary N) is 2. The largest absolute Gasteiger partial charge is 0.338 e. The third-order valence-corrected chi connectivity index (χ3v) is 6.06. The van der Waals surface area contributed by atoms with Gasteiger partial charge in [-0.05, 0) is 63.6 Å². The topological polar surface area (TPSA) is 58.2 Å². The molecule has 0 unspecified atom stereocenters. The van der Waals surface area contributed by atoms with Crippen molar-refractivity contribution in [3.05, 3.63) is 42.0 Å². The van der Waals surface area contributed by atoms with E-state index in [9.17, 15) is 9.00 Å². The van der Waals surface area contributed by atoms with Gasteiger partial charge in [-0.25, -0.2) is 4.79 Å². The Kier molecular flexibility index (Phi) is 6.60. The molecule has 0 saturated heterocycles. The number of amides is 2. The van der Waals surface area contributed by atoms with E-state index in [-0.39, 0.29) is 10.8 Å². The fraction of sp³-hybridized carbons (Fsp3) is 0.526. The van der Waals surface area contributed by atoms with E-state index in [1.807, 2.05) is 45.0 Å². The van der Waals surface area contributed by atoms with Crippen LogP contribution in [0.3, 0.4) is 0 Å². The van der Waals surface area contributed by atoms with Crippen molar-refractivity contribution in [1.82, 2.24) is 5.32 Å². The highest BCUT2D eigenvalue weighted by molar-refractivity contribution is 7.85. The maximum atomic E-state index is 12.3. The zero-order valence-corrected chi connectivity index (χ0v) is 15.6. The summed E-state index contributed by atoms with van der Waals surface area (Å²) in [5, 5.41) is 5.81. The summed E-state index contributed by atoms with van der Waals surface area (Å²) in [6.07, 6.45) is 7.65. The van der Waals surface area contributed by atoms with Crippen LogP contribution in [0.5, 0.6) is 0 Å². The van der Waals surface area contributed by atoms with Crippen LogP contribution in [0.1, 0.15) is 45.6 Å². The van der Waals surface area contributed by atoms with E-state index in [0.29, 0.717) is 18.2 Å². The van der Waals surface area contributed by atoms with Crippen LogP contribution >= 0.6 is 0 Å².